The number of anilines is 1. The van der Waals surface area contributed by atoms with Crippen LogP contribution < -0.4 is 5.73 Å². The smallest absolute Gasteiger partial charge is 0.181 e. The molecule has 0 unspecified atom stereocenters. The molecule has 0 aliphatic carbocycles. The molecule has 2 aromatic rings. The number of hydrogen-bond donors (Lipinski definition) is 1. The van der Waals surface area contributed by atoms with Gasteiger partial charge in [0.05, 0.1) is 6.20 Å². The molecule has 86 valence electrons. The molecule has 8 heteroatoms. The fourth-order valence-corrected chi connectivity index (χ4v) is 3.42. The van der Waals surface area contributed by atoms with Crippen LogP contribution in [0.3, 0.4) is 0 Å². The Morgan fingerprint density at radius 1 is 1.50 bits per heavy atom. The molecule has 0 aromatic carbocycles. The molecule has 16 heavy (non-hydrogen) atoms. The maximum Gasteiger partial charge on any atom is 0.181 e. The molecule has 0 atom stereocenters. The van der Waals surface area contributed by atoms with Gasteiger partial charge in [0, 0.05) is 12.3 Å². The van der Waals surface area contributed by atoms with Crippen LogP contribution in [0.15, 0.2) is 22.2 Å². The summed E-state index contributed by atoms with van der Waals surface area (Å²) in [6.07, 6.45) is 4.38. The van der Waals surface area contributed by atoms with Crippen molar-refractivity contribution < 1.29 is 8.42 Å². The van der Waals surface area contributed by atoms with Crippen LogP contribution >= 0.6 is 11.8 Å². The van der Waals surface area contributed by atoms with E-state index in [1.54, 1.807) is 12.3 Å². The Balaban J connectivity index is 2.94. The van der Waals surface area contributed by atoms with E-state index in [2.05, 4.69) is 10.1 Å². The van der Waals surface area contributed by atoms with Crippen LogP contribution in [0.2, 0.25) is 0 Å². The van der Waals surface area contributed by atoms with E-state index in [0.29, 0.717) is 10.7 Å². The van der Waals surface area contributed by atoms with Crippen LogP contribution in [0, 0.1) is 0 Å². The van der Waals surface area contributed by atoms with Crippen molar-refractivity contribution >= 4 is 33.1 Å². The van der Waals surface area contributed by atoms with E-state index in [1.807, 2.05) is 0 Å². The molecular weight excluding hydrogens is 248 g/mol. The van der Waals surface area contributed by atoms with Gasteiger partial charge in [0.25, 0.3) is 0 Å². The van der Waals surface area contributed by atoms with Gasteiger partial charge in [-0.25, -0.2) is 13.4 Å². The number of nitrogens with two attached hydrogens (primary N) is 1. The molecule has 0 saturated heterocycles. The lowest BCUT2D eigenvalue weighted by atomic mass is 10.5. The average molecular weight is 258 g/mol. The molecule has 0 amide bonds. The van der Waals surface area contributed by atoms with Gasteiger partial charge in [-0.3, -0.25) is 0 Å². The fraction of sp³-hybridized carbons (Fsp3) is 0.250. The molecule has 2 heterocycles. The molecule has 0 aliphatic rings. The number of nitrogen functional groups attached to an aromatic ring is 1. The lowest BCUT2D eigenvalue weighted by Crippen LogP contribution is -2.11. The highest BCUT2D eigenvalue weighted by atomic mass is 32.2. The maximum atomic E-state index is 11.6. The summed E-state index contributed by atoms with van der Waals surface area (Å²) >= 11 is 1.24. The predicted molar refractivity (Wildman–Crippen MR) is 62.3 cm³/mol. The standard InChI is InChI=1S/C8H10N4O2S2/c1-15-8-6(16(2,13)14)7(9)12-5(11-8)3-4-10-12/h3-4H,9H2,1-2H3. The van der Waals surface area contributed by atoms with Gasteiger partial charge >= 0.3 is 0 Å². The van der Waals surface area contributed by atoms with Crippen LogP contribution in [0.5, 0.6) is 0 Å². The van der Waals surface area contributed by atoms with E-state index in [9.17, 15) is 8.42 Å². The first-order valence-corrected chi connectivity index (χ1v) is 7.44. The molecule has 0 spiro atoms. The molecule has 0 bridgehead atoms. The van der Waals surface area contributed by atoms with Crippen molar-refractivity contribution in [2.45, 2.75) is 9.92 Å². The van der Waals surface area contributed by atoms with E-state index in [4.69, 9.17) is 5.73 Å². The predicted octanol–water partition coefficient (Wildman–Crippen LogP) is 0.437. The van der Waals surface area contributed by atoms with Crippen molar-refractivity contribution in [1.82, 2.24) is 14.6 Å². The second-order valence-corrected chi connectivity index (χ2v) is 5.96. The van der Waals surface area contributed by atoms with Gasteiger partial charge in [0.1, 0.15) is 15.7 Å². The maximum absolute atomic E-state index is 11.6. The quantitative estimate of drug-likeness (QED) is 0.621. The van der Waals surface area contributed by atoms with Crippen LogP contribution in [0.1, 0.15) is 0 Å². The molecule has 0 aliphatic heterocycles. The third kappa shape index (κ3) is 1.63. The average Bonchev–Trinajstić information content (AvgIpc) is 2.63. The Labute approximate surface area is 96.8 Å². The molecule has 2 rings (SSSR count). The number of sulfone groups is 1. The summed E-state index contributed by atoms with van der Waals surface area (Å²) in [4.78, 5) is 4.22. The second-order valence-electron chi connectivity index (χ2n) is 3.21. The van der Waals surface area contributed by atoms with E-state index in [1.165, 1.54) is 22.5 Å². The van der Waals surface area contributed by atoms with Crippen LogP contribution in [-0.4, -0.2) is 35.5 Å². The van der Waals surface area contributed by atoms with Crippen molar-refractivity contribution in [2.75, 3.05) is 18.2 Å². The second kappa shape index (κ2) is 3.63. The van der Waals surface area contributed by atoms with Gasteiger partial charge < -0.3 is 5.73 Å². The van der Waals surface area contributed by atoms with Crippen molar-refractivity contribution in [1.29, 1.82) is 0 Å². The molecule has 6 nitrogen and oxygen atoms in total. The normalized spacial score (nSPS) is 12.1. The van der Waals surface area contributed by atoms with Gasteiger partial charge in [-0.05, 0) is 6.26 Å². The first kappa shape index (κ1) is 11.2. The molecule has 0 fully saturated rings. The Hall–Kier alpha value is -1.28. The molecule has 2 aromatic heterocycles. The van der Waals surface area contributed by atoms with Gasteiger partial charge in [-0.15, -0.1) is 11.8 Å². The van der Waals surface area contributed by atoms with E-state index < -0.39 is 9.84 Å². The highest BCUT2D eigenvalue weighted by Crippen LogP contribution is 2.28. The van der Waals surface area contributed by atoms with Crippen LogP contribution in [0.25, 0.3) is 5.65 Å². The van der Waals surface area contributed by atoms with Crippen LogP contribution in [-0.2, 0) is 9.84 Å². The fourth-order valence-electron chi connectivity index (χ4n) is 1.41. The van der Waals surface area contributed by atoms with E-state index in [0.717, 1.165) is 6.26 Å². The zero-order valence-corrected chi connectivity index (χ0v) is 10.3. The minimum atomic E-state index is -3.41. The van der Waals surface area contributed by atoms with E-state index >= 15 is 0 Å². The van der Waals surface area contributed by atoms with Gasteiger partial charge in [0.15, 0.2) is 15.5 Å². The third-order valence-corrected chi connectivity index (χ3v) is 4.01. The van der Waals surface area contributed by atoms with Gasteiger partial charge in [0.2, 0.25) is 0 Å². The van der Waals surface area contributed by atoms with Gasteiger partial charge in [-0.1, -0.05) is 0 Å². The first-order valence-electron chi connectivity index (χ1n) is 4.32. The highest BCUT2D eigenvalue weighted by molar-refractivity contribution is 7.99. The van der Waals surface area contributed by atoms with Crippen LogP contribution in [0.4, 0.5) is 5.82 Å². The van der Waals surface area contributed by atoms with Gasteiger partial charge in [-0.2, -0.15) is 9.61 Å². The summed E-state index contributed by atoms with van der Waals surface area (Å²) in [5.41, 5.74) is 6.33. The highest BCUT2D eigenvalue weighted by Gasteiger charge is 2.21. The summed E-state index contributed by atoms with van der Waals surface area (Å²) in [5.74, 6) is 0.0989. The number of rotatable bonds is 2. The summed E-state index contributed by atoms with van der Waals surface area (Å²) in [5, 5.41) is 4.32. The molecule has 0 saturated carbocycles. The number of thioether (sulfide) groups is 1. The van der Waals surface area contributed by atoms with E-state index in [-0.39, 0.29) is 10.7 Å². The monoisotopic (exact) mass is 258 g/mol. The number of hydrogen-bond acceptors (Lipinski definition) is 6. The number of nitrogens with zero attached hydrogens (tertiary/aromatic N) is 3. The Kier molecular flexibility index (Phi) is 2.55. The molecule has 0 radical (unpaired) electrons. The number of aromatic nitrogens is 3. The Bertz CT molecular complexity index is 647. The lowest BCUT2D eigenvalue weighted by Gasteiger charge is -2.09. The van der Waals surface area contributed by atoms with Crippen molar-refractivity contribution in [3.8, 4) is 0 Å². The third-order valence-electron chi connectivity index (χ3n) is 2.06. The summed E-state index contributed by atoms with van der Waals surface area (Å²) in [6.45, 7) is 0. The lowest BCUT2D eigenvalue weighted by molar-refractivity contribution is 0.598. The number of fused-ring (bicyclic) bond motifs is 1. The SMILES string of the molecule is CSc1nc2ccnn2c(N)c1S(C)(=O)=O. The summed E-state index contributed by atoms with van der Waals surface area (Å²) in [6, 6.07) is 1.67. The Morgan fingerprint density at radius 3 is 2.75 bits per heavy atom. The van der Waals surface area contributed by atoms with Crippen molar-refractivity contribution in [3.63, 3.8) is 0 Å². The first-order chi connectivity index (χ1) is 7.45. The largest absolute Gasteiger partial charge is 0.382 e. The zero-order chi connectivity index (χ0) is 11.9. The zero-order valence-electron chi connectivity index (χ0n) is 8.71. The molecule has 2 N–H and O–H groups in total. The van der Waals surface area contributed by atoms with Crippen molar-refractivity contribution in [2.24, 2.45) is 0 Å². The minimum absolute atomic E-state index is 0.0381. The topological polar surface area (TPSA) is 90.3 Å². The Morgan fingerprint density at radius 2 is 2.19 bits per heavy atom. The summed E-state index contributed by atoms with van der Waals surface area (Å²) in [7, 11) is -3.41. The van der Waals surface area contributed by atoms with Crippen molar-refractivity contribution in [3.05, 3.63) is 12.3 Å². The summed E-state index contributed by atoms with van der Waals surface area (Å²) < 4.78 is 24.6. The molecular formula is C8H10N4O2S2. The minimum Gasteiger partial charge on any atom is -0.382 e.